The van der Waals surface area contributed by atoms with Crippen molar-refractivity contribution in [3.8, 4) is 0 Å². The molecule has 0 spiro atoms. The van der Waals surface area contributed by atoms with Crippen molar-refractivity contribution in [2.75, 3.05) is 0 Å². The number of H-pyrrole nitrogens is 1. The Morgan fingerprint density at radius 1 is 1.12 bits per heavy atom. The molecule has 1 amide bonds. The summed E-state index contributed by atoms with van der Waals surface area (Å²) < 4.78 is 0. The van der Waals surface area contributed by atoms with E-state index in [0.29, 0.717) is 11.5 Å². The first-order valence-corrected chi connectivity index (χ1v) is 8.55. The molecule has 5 rings (SSSR count). The van der Waals surface area contributed by atoms with Gasteiger partial charge in [0.25, 0.3) is 5.91 Å². The quantitative estimate of drug-likeness (QED) is 0.740. The molecule has 1 fully saturated rings. The summed E-state index contributed by atoms with van der Waals surface area (Å²) in [5.74, 6) is 1.31. The molecule has 1 aromatic carbocycles. The maximum Gasteiger partial charge on any atom is 0.278 e. The zero-order chi connectivity index (χ0) is 16.1. The van der Waals surface area contributed by atoms with Crippen LogP contribution in [0.5, 0.6) is 0 Å². The number of imidazole rings is 1. The van der Waals surface area contributed by atoms with E-state index < -0.39 is 0 Å². The van der Waals surface area contributed by atoms with Gasteiger partial charge in [-0.1, -0.05) is 25.3 Å². The van der Waals surface area contributed by atoms with Crippen LogP contribution < -0.4 is 5.32 Å². The fourth-order valence-corrected chi connectivity index (χ4v) is 4.03. The van der Waals surface area contributed by atoms with E-state index in [-0.39, 0.29) is 5.91 Å². The van der Waals surface area contributed by atoms with Crippen LogP contribution in [0, 0.1) is 0 Å². The second kappa shape index (κ2) is 5.16. The van der Waals surface area contributed by atoms with E-state index >= 15 is 0 Å². The molecular formula is C19H17N4O. The Bertz CT molecular complexity index is 995. The number of nitrogens with zero attached hydrogens (tertiary/aromatic N) is 3. The van der Waals surface area contributed by atoms with Crippen LogP contribution in [0.25, 0.3) is 28.0 Å². The Morgan fingerprint density at radius 3 is 2.88 bits per heavy atom. The highest BCUT2D eigenvalue weighted by atomic mass is 16.1. The molecule has 5 heteroatoms. The van der Waals surface area contributed by atoms with Gasteiger partial charge >= 0.3 is 0 Å². The average Bonchev–Trinajstić information content (AvgIpc) is 3.08. The molecule has 119 valence electrons. The summed E-state index contributed by atoms with van der Waals surface area (Å²) in [5.41, 5.74) is 4.08. The van der Waals surface area contributed by atoms with Gasteiger partial charge in [0.05, 0.1) is 16.6 Å². The van der Waals surface area contributed by atoms with Gasteiger partial charge in [0.1, 0.15) is 11.3 Å². The number of hydrogen-bond donors (Lipinski definition) is 1. The lowest BCUT2D eigenvalue weighted by molar-refractivity contribution is 0.0966. The number of carbonyl (C=O) groups is 1. The first-order chi connectivity index (χ1) is 11.8. The minimum atomic E-state index is -0.207. The minimum absolute atomic E-state index is 0.207. The summed E-state index contributed by atoms with van der Waals surface area (Å²) >= 11 is 0. The van der Waals surface area contributed by atoms with E-state index in [0.717, 1.165) is 33.3 Å². The molecule has 1 saturated carbocycles. The molecule has 3 heterocycles. The highest BCUT2D eigenvalue weighted by Gasteiger charge is 2.26. The fourth-order valence-electron chi connectivity index (χ4n) is 4.03. The number of hydrogen-bond acceptors (Lipinski definition) is 3. The zero-order valence-corrected chi connectivity index (χ0v) is 13.2. The Hall–Kier alpha value is -2.69. The summed E-state index contributed by atoms with van der Waals surface area (Å²) in [5, 5.41) is 4.78. The second-order valence-electron chi connectivity index (χ2n) is 6.62. The third-order valence-corrected chi connectivity index (χ3v) is 5.20. The third-order valence-electron chi connectivity index (χ3n) is 5.20. The van der Waals surface area contributed by atoms with Gasteiger partial charge in [-0.2, -0.15) is 0 Å². The van der Waals surface area contributed by atoms with Crippen LogP contribution in [0.4, 0.5) is 0 Å². The predicted molar refractivity (Wildman–Crippen MR) is 92.7 cm³/mol. The van der Waals surface area contributed by atoms with Crippen LogP contribution in [-0.2, 0) is 0 Å². The van der Waals surface area contributed by atoms with Gasteiger partial charge in [-0.15, -0.1) is 0 Å². The van der Waals surface area contributed by atoms with E-state index in [1.54, 1.807) is 12.4 Å². The summed E-state index contributed by atoms with van der Waals surface area (Å²) in [4.78, 5) is 25.3. The van der Waals surface area contributed by atoms with Crippen LogP contribution in [0.2, 0.25) is 0 Å². The molecule has 1 aliphatic heterocycles. The smallest absolute Gasteiger partial charge is 0.278 e. The van der Waals surface area contributed by atoms with Gasteiger partial charge in [-0.25, -0.2) is 10.3 Å². The number of carbonyl (C=O) groups excluding carboxylic acids is 1. The molecule has 1 radical (unpaired) electrons. The third kappa shape index (κ3) is 1.90. The van der Waals surface area contributed by atoms with Crippen molar-refractivity contribution in [1.29, 1.82) is 0 Å². The van der Waals surface area contributed by atoms with Gasteiger partial charge in [0.15, 0.2) is 0 Å². The Morgan fingerprint density at radius 2 is 2.00 bits per heavy atom. The molecule has 2 aliphatic rings. The number of aromatic amines is 1. The molecule has 2 aromatic heterocycles. The van der Waals surface area contributed by atoms with Gasteiger partial charge in [-0.3, -0.25) is 9.78 Å². The lowest BCUT2D eigenvalue weighted by Gasteiger charge is -2.19. The molecule has 0 saturated heterocycles. The van der Waals surface area contributed by atoms with Crippen molar-refractivity contribution in [2.24, 2.45) is 0 Å². The summed E-state index contributed by atoms with van der Waals surface area (Å²) in [6.45, 7) is 0. The van der Waals surface area contributed by atoms with Crippen LogP contribution in [0.3, 0.4) is 0 Å². The topological polar surface area (TPSA) is 72.7 Å². The van der Waals surface area contributed by atoms with Gasteiger partial charge in [0, 0.05) is 29.3 Å². The molecule has 0 bridgehead atoms. The number of fused-ring (bicyclic) bond motifs is 6. The lowest BCUT2D eigenvalue weighted by atomic mass is 9.89. The normalized spacial score (nSPS) is 18.1. The number of nitrogens with one attached hydrogen (secondary N) is 1. The molecule has 3 aromatic rings. The summed E-state index contributed by atoms with van der Waals surface area (Å²) in [6.07, 6.45) is 11.4. The van der Waals surface area contributed by atoms with Crippen molar-refractivity contribution >= 4 is 33.9 Å². The van der Waals surface area contributed by atoms with Gasteiger partial charge < -0.3 is 4.98 Å². The summed E-state index contributed by atoms with van der Waals surface area (Å²) in [7, 11) is 0. The number of amides is 1. The minimum Gasteiger partial charge on any atom is -0.341 e. The molecule has 0 atom stereocenters. The molecule has 0 unspecified atom stereocenters. The Kier molecular flexibility index (Phi) is 2.95. The largest absolute Gasteiger partial charge is 0.341 e. The molecular weight excluding hydrogens is 300 g/mol. The summed E-state index contributed by atoms with van der Waals surface area (Å²) in [6, 6.07) is 3.79. The van der Waals surface area contributed by atoms with Crippen molar-refractivity contribution in [3.05, 3.63) is 41.5 Å². The first kappa shape index (κ1) is 13.7. The second-order valence-corrected chi connectivity index (χ2v) is 6.62. The van der Waals surface area contributed by atoms with Crippen LogP contribution in [0.15, 0.2) is 24.5 Å². The molecule has 1 N–H and O–H groups in total. The number of aromatic nitrogens is 3. The van der Waals surface area contributed by atoms with Crippen LogP contribution in [-0.4, -0.2) is 20.9 Å². The predicted octanol–water partition coefficient (Wildman–Crippen LogP) is 3.89. The molecule has 24 heavy (non-hydrogen) atoms. The first-order valence-electron chi connectivity index (χ1n) is 8.55. The van der Waals surface area contributed by atoms with E-state index in [4.69, 9.17) is 4.98 Å². The Labute approximate surface area is 139 Å². The fraction of sp³-hybridized carbons (Fsp3) is 0.316. The van der Waals surface area contributed by atoms with E-state index in [1.165, 1.54) is 32.1 Å². The van der Waals surface area contributed by atoms with E-state index in [9.17, 15) is 4.79 Å². The van der Waals surface area contributed by atoms with Crippen LogP contribution >= 0.6 is 0 Å². The van der Waals surface area contributed by atoms with E-state index in [1.807, 2.05) is 18.2 Å². The molecule has 1 aliphatic carbocycles. The van der Waals surface area contributed by atoms with Crippen molar-refractivity contribution in [3.63, 3.8) is 0 Å². The number of benzene rings is 1. The van der Waals surface area contributed by atoms with Crippen molar-refractivity contribution in [2.45, 2.75) is 38.0 Å². The monoisotopic (exact) mass is 317 g/mol. The highest BCUT2D eigenvalue weighted by molar-refractivity contribution is 6.19. The number of rotatable bonds is 1. The Balaban J connectivity index is 1.84. The van der Waals surface area contributed by atoms with Gasteiger partial charge in [-0.05, 0) is 25.0 Å². The maximum absolute atomic E-state index is 12.4. The van der Waals surface area contributed by atoms with Gasteiger partial charge in [0.2, 0.25) is 0 Å². The standard InChI is InChI=1S/C19H17N4O/c24-19-14-12-7-4-9-20-15(12)17-16(13(14)8-10-21-19)22-18(23-17)11-5-2-1-3-6-11/h4,7-11H,1-3,5-6H2,(H,22,23). The SMILES string of the molecule is O=C1[N]C=Cc2c1c1cccnc1c1nc(C3CCCCC3)[nH]c21. The zero-order valence-electron chi connectivity index (χ0n) is 13.2. The average molecular weight is 317 g/mol. The maximum atomic E-state index is 12.4. The van der Waals surface area contributed by atoms with Crippen molar-refractivity contribution < 1.29 is 4.79 Å². The van der Waals surface area contributed by atoms with Crippen molar-refractivity contribution in [1.82, 2.24) is 20.3 Å². The highest BCUT2D eigenvalue weighted by Crippen LogP contribution is 2.36. The lowest BCUT2D eigenvalue weighted by Crippen LogP contribution is -2.16. The van der Waals surface area contributed by atoms with E-state index in [2.05, 4.69) is 15.3 Å². The van der Waals surface area contributed by atoms with Crippen LogP contribution in [0.1, 0.15) is 59.8 Å². The number of pyridine rings is 1. The molecule has 5 nitrogen and oxygen atoms in total.